The van der Waals surface area contributed by atoms with E-state index in [1.165, 1.54) is 5.56 Å². The van der Waals surface area contributed by atoms with Gasteiger partial charge in [0.1, 0.15) is 0 Å². The van der Waals surface area contributed by atoms with Gasteiger partial charge in [-0.3, -0.25) is 14.4 Å². The molecule has 0 aromatic heterocycles. The van der Waals surface area contributed by atoms with Crippen LogP contribution in [-0.4, -0.2) is 24.3 Å². The van der Waals surface area contributed by atoms with Crippen LogP contribution in [0, 0.1) is 18.8 Å². The molecular formula is C24H27N3O3. The number of aryl methyl sites for hydroxylation is 1. The molecule has 0 spiro atoms. The predicted octanol–water partition coefficient (Wildman–Crippen LogP) is 3.43. The van der Waals surface area contributed by atoms with Crippen LogP contribution in [0.1, 0.15) is 47.2 Å². The molecule has 3 N–H and O–H groups in total. The number of nitrogens with zero attached hydrogens (tertiary/aromatic N) is 1. The normalized spacial score (nSPS) is 20.5. The van der Waals surface area contributed by atoms with Crippen molar-refractivity contribution in [3.05, 3.63) is 59.2 Å². The van der Waals surface area contributed by atoms with E-state index in [-0.39, 0.29) is 23.7 Å². The Labute approximate surface area is 176 Å². The fraction of sp³-hybridized carbons (Fsp3) is 0.375. The first-order valence-electron chi connectivity index (χ1n) is 10.6. The molecule has 156 valence electrons. The standard InChI is InChI=1S/C24H27N3O3/c1-15-14-17(10-11-18(15)22(25)28)26-23(29)19-7-3-4-8-20(19)24(30)27-13-12-16-6-2-5-9-21(16)27/h2,5-6,9-11,14,19-20H,3-4,7-8,12-13H2,1H3,(H2,25,28)(H,26,29). The Morgan fingerprint density at radius 2 is 1.77 bits per heavy atom. The van der Waals surface area contributed by atoms with E-state index in [0.29, 0.717) is 29.8 Å². The summed E-state index contributed by atoms with van der Waals surface area (Å²) in [4.78, 5) is 39.8. The van der Waals surface area contributed by atoms with E-state index >= 15 is 0 Å². The summed E-state index contributed by atoms with van der Waals surface area (Å²) < 4.78 is 0. The van der Waals surface area contributed by atoms with E-state index < -0.39 is 5.91 Å². The van der Waals surface area contributed by atoms with Crippen molar-refractivity contribution in [3.8, 4) is 0 Å². The number of hydrogen-bond acceptors (Lipinski definition) is 3. The highest BCUT2D eigenvalue weighted by molar-refractivity contribution is 6.02. The number of nitrogens with two attached hydrogens (primary N) is 1. The summed E-state index contributed by atoms with van der Waals surface area (Å²) in [5, 5.41) is 2.95. The van der Waals surface area contributed by atoms with Gasteiger partial charge in [0, 0.05) is 29.4 Å². The molecule has 0 radical (unpaired) electrons. The van der Waals surface area contributed by atoms with Crippen LogP contribution in [0.25, 0.3) is 0 Å². The zero-order valence-corrected chi connectivity index (χ0v) is 17.2. The lowest BCUT2D eigenvalue weighted by Crippen LogP contribution is -2.43. The minimum Gasteiger partial charge on any atom is -0.366 e. The van der Waals surface area contributed by atoms with Crippen molar-refractivity contribution in [2.45, 2.75) is 39.0 Å². The van der Waals surface area contributed by atoms with Crippen molar-refractivity contribution in [1.29, 1.82) is 0 Å². The van der Waals surface area contributed by atoms with Gasteiger partial charge in [-0.1, -0.05) is 31.0 Å². The second-order valence-corrected chi connectivity index (χ2v) is 8.25. The molecule has 1 aliphatic heterocycles. The molecule has 2 atom stereocenters. The number of anilines is 2. The first-order valence-corrected chi connectivity index (χ1v) is 10.6. The van der Waals surface area contributed by atoms with E-state index in [0.717, 1.165) is 31.4 Å². The average molecular weight is 405 g/mol. The predicted molar refractivity (Wildman–Crippen MR) is 116 cm³/mol. The number of nitrogens with one attached hydrogen (secondary N) is 1. The van der Waals surface area contributed by atoms with Crippen molar-refractivity contribution in [3.63, 3.8) is 0 Å². The second kappa shape index (κ2) is 8.30. The Bertz CT molecular complexity index is 1000. The molecule has 2 unspecified atom stereocenters. The van der Waals surface area contributed by atoms with E-state index in [4.69, 9.17) is 5.73 Å². The molecule has 2 aliphatic rings. The van der Waals surface area contributed by atoms with Crippen molar-refractivity contribution >= 4 is 29.1 Å². The number of primary amides is 1. The summed E-state index contributed by atoms with van der Waals surface area (Å²) in [6.45, 7) is 2.46. The number of fused-ring (bicyclic) bond motifs is 1. The molecule has 4 rings (SSSR count). The third-order valence-electron chi connectivity index (χ3n) is 6.33. The van der Waals surface area contributed by atoms with Gasteiger partial charge in [0.05, 0.1) is 5.92 Å². The Kier molecular flexibility index (Phi) is 5.57. The molecule has 1 fully saturated rings. The lowest BCUT2D eigenvalue weighted by Gasteiger charge is -2.32. The molecule has 30 heavy (non-hydrogen) atoms. The summed E-state index contributed by atoms with van der Waals surface area (Å²) in [5.41, 5.74) is 9.29. The van der Waals surface area contributed by atoms with Gasteiger partial charge in [0.25, 0.3) is 0 Å². The van der Waals surface area contributed by atoms with Gasteiger partial charge in [-0.05, 0) is 61.6 Å². The van der Waals surface area contributed by atoms with Crippen LogP contribution in [0.15, 0.2) is 42.5 Å². The van der Waals surface area contributed by atoms with Gasteiger partial charge in [0.2, 0.25) is 17.7 Å². The summed E-state index contributed by atoms with van der Waals surface area (Å²) in [5.74, 6) is -1.23. The van der Waals surface area contributed by atoms with Crippen LogP contribution in [0.3, 0.4) is 0 Å². The molecule has 2 aromatic rings. The van der Waals surface area contributed by atoms with Gasteiger partial charge in [0.15, 0.2) is 0 Å². The highest BCUT2D eigenvalue weighted by Crippen LogP contribution is 2.36. The van der Waals surface area contributed by atoms with E-state index in [2.05, 4.69) is 11.4 Å². The van der Waals surface area contributed by atoms with E-state index in [1.54, 1.807) is 25.1 Å². The minimum absolute atomic E-state index is 0.0556. The molecule has 2 aromatic carbocycles. The number of carbonyl (C=O) groups is 3. The van der Waals surface area contributed by atoms with Crippen LogP contribution in [0.4, 0.5) is 11.4 Å². The van der Waals surface area contributed by atoms with Crippen LogP contribution in [-0.2, 0) is 16.0 Å². The van der Waals surface area contributed by atoms with Crippen molar-refractivity contribution in [2.24, 2.45) is 17.6 Å². The molecular weight excluding hydrogens is 378 g/mol. The number of hydrogen-bond donors (Lipinski definition) is 2. The maximum Gasteiger partial charge on any atom is 0.248 e. The highest BCUT2D eigenvalue weighted by atomic mass is 16.2. The zero-order chi connectivity index (χ0) is 21.3. The third-order valence-corrected chi connectivity index (χ3v) is 6.33. The fourth-order valence-corrected chi connectivity index (χ4v) is 4.76. The number of amides is 3. The van der Waals surface area contributed by atoms with Crippen molar-refractivity contribution < 1.29 is 14.4 Å². The van der Waals surface area contributed by atoms with Crippen LogP contribution in [0.5, 0.6) is 0 Å². The summed E-state index contributed by atoms with van der Waals surface area (Å²) in [6, 6.07) is 13.0. The van der Waals surface area contributed by atoms with Gasteiger partial charge >= 0.3 is 0 Å². The Morgan fingerprint density at radius 3 is 2.50 bits per heavy atom. The van der Waals surface area contributed by atoms with Crippen molar-refractivity contribution in [2.75, 3.05) is 16.8 Å². The SMILES string of the molecule is Cc1cc(NC(=O)C2CCCCC2C(=O)N2CCc3ccccc32)ccc1C(N)=O. The van der Waals surface area contributed by atoms with Gasteiger partial charge in [-0.2, -0.15) is 0 Å². The minimum atomic E-state index is -0.491. The van der Waals surface area contributed by atoms with E-state index in [9.17, 15) is 14.4 Å². The number of para-hydroxylation sites is 1. The number of benzene rings is 2. The lowest BCUT2D eigenvalue weighted by atomic mass is 9.77. The molecule has 1 aliphatic carbocycles. The summed E-state index contributed by atoms with van der Waals surface area (Å²) in [7, 11) is 0. The first kappa shape index (κ1) is 20.1. The summed E-state index contributed by atoms with van der Waals surface area (Å²) >= 11 is 0. The molecule has 3 amide bonds. The second-order valence-electron chi connectivity index (χ2n) is 8.25. The fourth-order valence-electron chi connectivity index (χ4n) is 4.76. The Balaban J connectivity index is 1.51. The maximum absolute atomic E-state index is 13.4. The Hall–Kier alpha value is -3.15. The lowest BCUT2D eigenvalue weighted by molar-refractivity contribution is -0.132. The molecule has 0 saturated heterocycles. The highest BCUT2D eigenvalue weighted by Gasteiger charge is 2.39. The third kappa shape index (κ3) is 3.82. The van der Waals surface area contributed by atoms with Crippen LogP contribution >= 0.6 is 0 Å². The monoisotopic (exact) mass is 405 g/mol. The zero-order valence-electron chi connectivity index (χ0n) is 17.2. The number of rotatable bonds is 4. The smallest absolute Gasteiger partial charge is 0.248 e. The van der Waals surface area contributed by atoms with E-state index in [1.807, 2.05) is 23.1 Å². The Morgan fingerprint density at radius 1 is 1.03 bits per heavy atom. The molecule has 1 saturated carbocycles. The quantitative estimate of drug-likeness (QED) is 0.816. The number of carbonyl (C=O) groups excluding carboxylic acids is 3. The molecule has 6 nitrogen and oxygen atoms in total. The van der Waals surface area contributed by atoms with Gasteiger partial charge in [-0.25, -0.2) is 0 Å². The summed E-state index contributed by atoms with van der Waals surface area (Å²) in [6.07, 6.45) is 4.20. The molecule has 1 heterocycles. The topological polar surface area (TPSA) is 92.5 Å². The largest absolute Gasteiger partial charge is 0.366 e. The molecule has 6 heteroatoms. The van der Waals surface area contributed by atoms with Gasteiger partial charge < -0.3 is 16.0 Å². The van der Waals surface area contributed by atoms with Crippen LogP contribution < -0.4 is 16.0 Å². The first-order chi connectivity index (χ1) is 14.5. The van der Waals surface area contributed by atoms with Crippen LogP contribution in [0.2, 0.25) is 0 Å². The average Bonchev–Trinajstić information content (AvgIpc) is 3.17. The molecule has 0 bridgehead atoms. The maximum atomic E-state index is 13.4. The van der Waals surface area contributed by atoms with Crippen molar-refractivity contribution in [1.82, 2.24) is 0 Å². The van der Waals surface area contributed by atoms with Gasteiger partial charge in [-0.15, -0.1) is 0 Å².